The van der Waals surface area contributed by atoms with Gasteiger partial charge in [-0.3, -0.25) is 9.67 Å². The summed E-state index contributed by atoms with van der Waals surface area (Å²) >= 11 is 0. The van der Waals surface area contributed by atoms with Crippen molar-refractivity contribution in [1.82, 2.24) is 25.0 Å². The van der Waals surface area contributed by atoms with Crippen LogP contribution in [0.15, 0.2) is 42.7 Å². The fourth-order valence-electron chi connectivity index (χ4n) is 4.73. The van der Waals surface area contributed by atoms with Crippen molar-refractivity contribution < 1.29 is 18.3 Å². The molecule has 0 unspecified atom stereocenters. The summed E-state index contributed by atoms with van der Waals surface area (Å²) in [6.07, 6.45) is 3.73. The lowest BCUT2D eigenvalue weighted by molar-refractivity contribution is -0.0583. The molecule has 0 amide bonds. The number of nitrogens with one attached hydrogen (secondary N) is 1. The quantitative estimate of drug-likeness (QED) is 0.376. The van der Waals surface area contributed by atoms with Crippen LogP contribution in [-0.2, 0) is 13.0 Å². The average molecular weight is 527 g/mol. The highest BCUT2D eigenvalue weighted by Gasteiger charge is 2.35. The van der Waals surface area contributed by atoms with Crippen LogP contribution >= 0.6 is 0 Å². The number of alkyl halides is 2. The van der Waals surface area contributed by atoms with Crippen LogP contribution in [0.25, 0.3) is 10.9 Å². The summed E-state index contributed by atoms with van der Waals surface area (Å²) in [5.41, 5.74) is 1.38. The van der Waals surface area contributed by atoms with Gasteiger partial charge in [-0.05, 0) is 26.0 Å². The van der Waals surface area contributed by atoms with Crippen LogP contribution in [0.5, 0.6) is 0 Å². The van der Waals surface area contributed by atoms with Crippen molar-refractivity contribution in [1.29, 1.82) is 0 Å². The van der Waals surface area contributed by atoms with E-state index in [4.69, 9.17) is 5.11 Å². The Morgan fingerprint density at radius 1 is 1.11 bits per heavy atom. The molecule has 5 rings (SSSR count). The second-order valence-electron chi connectivity index (χ2n) is 9.48. The summed E-state index contributed by atoms with van der Waals surface area (Å²) in [6.45, 7) is 5.14. The number of rotatable bonds is 7. The minimum Gasteiger partial charge on any atom is -0.390 e. The minimum absolute atomic E-state index is 0.0286. The van der Waals surface area contributed by atoms with E-state index in [1.54, 1.807) is 24.7 Å². The molecule has 2 N–H and O–H groups in total. The van der Waals surface area contributed by atoms with Crippen LogP contribution in [0.1, 0.15) is 29.8 Å². The van der Waals surface area contributed by atoms with Crippen LogP contribution in [0, 0.1) is 12.7 Å². The lowest BCUT2D eigenvalue weighted by Crippen LogP contribution is -2.46. The van der Waals surface area contributed by atoms with E-state index in [-0.39, 0.29) is 5.56 Å². The highest BCUT2D eigenvalue weighted by Crippen LogP contribution is 2.34. The van der Waals surface area contributed by atoms with Crippen molar-refractivity contribution in [3.8, 4) is 0 Å². The van der Waals surface area contributed by atoms with E-state index in [0.29, 0.717) is 22.4 Å². The van der Waals surface area contributed by atoms with E-state index in [1.807, 2.05) is 25.4 Å². The molecule has 9 nitrogen and oxygen atoms in total. The van der Waals surface area contributed by atoms with Crippen LogP contribution in [0.4, 0.5) is 30.5 Å². The van der Waals surface area contributed by atoms with Gasteiger partial charge in [-0.15, -0.1) is 5.10 Å². The molecule has 1 aliphatic heterocycles. The molecular formula is C26H29F3N8O. The number of hydrogen-bond donors (Lipinski definition) is 2. The highest BCUT2D eigenvalue weighted by atomic mass is 19.3. The van der Waals surface area contributed by atoms with Crippen molar-refractivity contribution in [2.24, 2.45) is 7.05 Å². The van der Waals surface area contributed by atoms with Gasteiger partial charge in [0.25, 0.3) is 5.92 Å². The predicted molar refractivity (Wildman–Crippen MR) is 139 cm³/mol. The first-order chi connectivity index (χ1) is 18.2. The van der Waals surface area contributed by atoms with Gasteiger partial charge in [0.2, 0.25) is 0 Å². The molecule has 3 aromatic heterocycles. The number of pyridine rings is 1. The van der Waals surface area contributed by atoms with Crippen molar-refractivity contribution >= 4 is 28.2 Å². The number of benzene rings is 1. The number of anilines is 3. The van der Waals surface area contributed by atoms with Gasteiger partial charge in [0.05, 0.1) is 34.7 Å². The maximum Gasteiger partial charge on any atom is 0.298 e. The van der Waals surface area contributed by atoms with Crippen LogP contribution in [0.2, 0.25) is 0 Å². The predicted octanol–water partition coefficient (Wildman–Crippen LogP) is 3.79. The number of aliphatic hydroxyl groups excluding tert-OH is 1. The molecule has 1 saturated heterocycles. The SMILES string of the molecule is Cc1nnc(N[C@H](C)c2cccc(C(F)(F)CO)c2F)c2cc(N3CCN(c4ccn(C)n4)CC3)cnc12. The third kappa shape index (κ3) is 4.83. The van der Waals surface area contributed by atoms with E-state index < -0.39 is 30.0 Å². The Morgan fingerprint density at radius 2 is 1.84 bits per heavy atom. The normalized spacial score (nSPS) is 15.2. The third-order valence-electron chi connectivity index (χ3n) is 6.88. The van der Waals surface area contributed by atoms with Gasteiger partial charge in [0, 0.05) is 56.4 Å². The van der Waals surface area contributed by atoms with E-state index in [0.717, 1.165) is 43.8 Å². The fraction of sp³-hybridized carbons (Fsp3) is 0.385. The molecule has 1 atom stereocenters. The standard InChI is InChI=1S/C26H29F3N8O/c1-16(19-5-4-6-21(23(19)27)26(28,29)15-38)31-25-20-13-18(14-30-24(20)17(2)32-33-25)36-9-11-37(12-10-36)22-7-8-35(3)34-22/h4-8,13-14,16,38H,9-12,15H2,1-3H3,(H,31,33)/t16-/m1/s1. The smallest absolute Gasteiger partial charge is 0.298 e. The van der Waals surface area contributed by atoms with Gasteiger partial charge < -0.3 is 20.2 Å². The molecule has 200 valence electrons. The number of aromatic nitrogens is 5. The van der Waals surface area contributed by atoms with Crippen molar-refractivity contribution in [3.05, 3.63) is 65.4 Å². The number of piperazine rings is 1. The molecule has 0 spiro atoms. The largest absolute Gasteiger partial charge is 0.390 e. The number of halogens is 3. The van der Waals surface area contributed by atoms with Crippen LogP contribution in [0.3, 0.4) is 0 Å². The molecule has 1 fully saturated rings. The molecule has 0 aliphatic carbocycles. The van der Waals surface area contributed by atoms with Gasteiger partial charge in [0.15, 0.2) is 11.6 Å². The summed E-state index contributed by atoms with van der Waals surface area (Å²) in [7, 11) is 1.90. The van der Waals surface area contributed by atoms with Crippen LogP contribution in [-0.4, -0.2) is 62.9 Å². The fourth-order valence-corrected chi connectivity index (χ4v) is 4.73. The van der Waals surface area contributed by atoms with Gasteiger partial charge in [-0.1, -0.05) is 12.1 Å². The molecule has 4 aromatic rings. The summed E-state index contributed by atoms with van der Waals surface area (Å²) in [6, 6.07) is 7.01. The summed E-state index contributed by atoms with van der Waals surface area (Å²) in [4.78, 5) is 9.10. The van der Waals surface area contributed by atoms with Gasteiger partial charge in [-0.2, -0.15) is 19.0 Å². The number of fused-ring (bicyclic) bond motifs is 1. The zero-order valence-electron chi connectivity index (χ0n) is 21.4. The van der Waals surface area contributed by atoms with Gasteiger partial charge in [-0.25, -0.2) is 4.39 Å². The number of aliphatic hydroxyl groups is 1. The van der Waals surface area contributed by atoms with E-state index in [2.05, 4.69) is 35.4 Å². The van der Waals surface area contributed by atoms with Crippen molar-refractivity contribution in [2.45, 2.75) is 25.8 Å². The zero-order valence-corrected chi connectivity index (χ0v) is 21.4. The average Bonchev–Trinajstić information content (AvgIpc) is 3.36. The Bertz CT molecular complexity index is 1450. The first-order valence-corrected chi connectivity index (χ1v) is 12.3. The Balaban J connectivity index is 1.40. The highest BCUT2D eigenvalue weighted by molar-refractivity contribution is 5.92. The summed E-state index contributed by atoms with van der Waals surface area (Å²) in [5, 5.41) is 25.8. The Labute approximate surface area is 217 Å². The van der Waals surface area contributed by atoms with Crippen molar-refractivity contribution in [3.63, 3.8) is 0 Å². The number of aryl methyl sites for hydroxylation is 2. The maximum absolute atomic E-state index is 15.1. The molecule has 0 saturated carbocycles. The first kappa shape index (κ1) is 25.7. The molecular weight excluding hydrogens is 497 g/mol. The zero-order chi connectivity index (χ0) is 27.0. The van der Waals surface area contributed by atoms with E-state index in [1.165, 1.54) is 12.1 Å². The first-order valence-electron chi connectivity index (χ1n) is 12.3. The van der Waals surface area contributed by atoms with Crippen LogP contribution < -0.4 is 15.1 Å². The molecule has 12 heteroatoms. The Morgan fingerprint density at radius 3 is 2.53 bits per heavy atom. The molecule has 4 heterocycles. The van der Waals surface area contributed by atoms with E-state index in [9.17, 15) is 8.78 Å². The van der Waals surface area contributed by atoms with Gasteiger partial charge in [0.1, 0.15) is 12.4 Å². The minimum atomic E-state index is -3.68. The molecule has 1 aromatic carbocycles. The molecule has 0 radical (unpaired) electrons. The molecule has 1 aliphatic rings. The monoisotopic (exact) mass is 526 g/mol. The van der Waals surface area contributed by atoms with Gasteiger partial charge >= 0.3 is 0 Å². The second-order valence-corrected chi connectivity index (χ2v) is 9.48. The molecule has 0 bridgehead atoms. The van der Waals surface area contributed by atoms with Crippen molar-refractivity contribution in [2.75, 3.05) is 47.9 Å². The molecule has 38 heavy (non-hydrogen) atoms. The third-order valence-corrected chi connectivity index (χ3v) is 6.88. The second kappa shape index (κ2) is 10.1. The van der Waals surface area contributed by atoms with E-state index >= 15 is 4.39 Å². The Kier molecular flexibility index (Phi) is 6.82. The summed E-state index contributed by atoms with van der Waals surface area (Å²) in [5.74, 6) is -3.43. The Hall–Kier alpha value is -3.93. The number of nitrogens with zero attached hydrogens (tertiary/aromatic N) is 7. The topological polar surface area (TPSA) is 95.2 Å². The lowest BCUT2D eigenvalue weighted by Gasteiger charge is -2.36. The maximum atomic E-state index is 15.1. The lowest BCUT2D eigenvalue weighted by atomic mass is 10.00. The number of hydrogen-bond acceptors (Lipinski definition) is 8. The summed E-state index contributed by atoms with van der Waals surface area (Å²) < 4.78 is 45.0.